The van der Waals surface area contributed by atoms with Gasteiger partial charge in [-0.15, -0.1) is 0 Å². The highest BCUT2D eigenvalue weighted by molar-refractivity contribution is 6.02. The molecule has 34 heavy (non-hydrogen) atoms. The van der Waals surface area contributed by atoms with Gasteiger partial charge in [0, 0.05) is 11.8 Å². The quantitative estimate of drug-likeness (QED) is 0.270. The molecule has 2 unspecified atom stereocenters. The van der Waals surface area contributed by atoms with E-state index in [1.165, 1.54) is 0 Å². The van der Waals surface area contributed by atoms with E-state index in [1.54, 1.807) is 30.3 Å². The minimum absolute atomic E-state index is 0.0209. The molecule has 0 aliphatic carbocycles. The van der Waals surface area contributed by atoms with Gasteiger partial charge in [0.05, 0.1) is 17.2 Å². The Balaban J connectivity index is 2.10. The number of carboxylic acids is 1. The largest absolute Gasteiger partial charge is 0.479 e. The summed E-state index contributed by atoms with van der Waals surface area (Å²) < 4.78 is 0. The van der Waals surface area contributed by atoms with Crippen molar-refractivity contribution >= 4 is 34.3 Å². The second kappa shape index (κ2) is 10.9. The van der Waals surface area contributed by atoms with Crippen molar-refractivity contribution in [3.63, 3.8) is 0 Å². The van der Waals surface area contributed by atoms with Crippen LogP contribution < -0.4 is 22.5 Å². The van der Waals surface area contributed by atoms with E-state index in [4.69, 9.17) is 17.2 Å². The summed E-state index contributed by atoms with van der Waals surface area (Å²) >= 11 is 0. The Bertz CT molecular complexity index is 1180. The first kappa shape index (κ1) is 24.8. The number of carboxylic acid groups (broad SMARTS) is 1. The van der Waals surface area contributed by atoms with Crippen LogP contribution >= 0.6 is 0 Å². The monoisotopic (exact) mass is 463 g/mol. The maximum atomic E-state index is 12.9. The fraction of sp³-hybridized carbons (Fsp3) is 0.280. The maximum absolute atomic E-state index is 12.9. The molecule has 0 spiro atoms. The summed E-state index contributed by atoms with van der Waals surface area (Å²) in [6, 6.07) is 16.5. The van der Waals surface area contributed by atoms with Crippen molar-refractivity contribution in [1.82, 2.24) is 4.98 Å². The molecule has 0 saturated heterocycles. The third kappa shape index (κ3) is 5.38. The van der Waals surface area contributed by atoms with Crippen LogP contribution in [0.1, 0.15) is 35.3 Å². The molecule has 8 N–H and O–H groups in total. The van der Waals surface area contributed by atoms with Crippen LogP contribution in [0.4, 0.5) is 5.69 Å². The Morgan fingerprint density at radius 2 is 1.74 bits per heavy atom. The summed E-state index contributed by atoms with van der Waals surface area (Å²) in [5.41, 5.74) is 16.9. The van der Waals surface area contributed by atoms with E-state index in [2.05, 4.69) is 10.3 Å². The highest BCUT2D eigenvalue weighted by atomic mass is 16.4. The van der Waals surface area contributed by atoms with Crippen LogP contribution in [0.5, 0.6) is 0 Å². The molecule has 1 heterocycles. The van der Waals surface area contributed by atoms with Crippen molar-refractivity contribution in [2.75, 3.05) is 11.9 Å². The zero-order valence-corrected chi connectivity index (χ0v) is 18.7. The Labute approximate surface area is 197 Å². The fourth-order valence-corrected chi connectivity index (χ4v) is 3.92. The number of hydrogen-bond donors (Lipinski definition) is 5. The summed E-state index contributed by atoms with van der Waals surface area (Å²) in [6.45, 7) is 0.274. The number of carbonyl (C=O) groups is 3. The van der Waals surface area contributed by atoms with E-state index in [1.807, 2.05) is 30.3 Å². The smallest absolute Gasteiger partial charge is 0.331 e. The van der Waals surface area contributed by atoms with E-state index < -0.39 is 29.2 Å². The number of benzene rings is 2. The Morgan fingerprint density at radius 1 is 1.06 bits per heavy atom. The molecule has 3 rings (SSSR count). The number of nitrogens with two attached hydrogens (primary N) is 3. The average molecular weight is 464 g/mol. The molecule has 0 aliphatic heterocycles. The van der Waals surface area contributed by atoms with Gasteiger partial charge in [-0.3, -0.25) is 9.59 Å². The predicted molar refractivity (Wildman–Crippen MR) is 130 cm³/mol. The first-order chi connectivity index (χ1) is 16.3. The van der Waals surface area contributed by atoms with Gasteiger partial charge in [0.15, 0.2) is 17.0 Å². The van der Waals surface area contributed by atoms with Crippen LogP contribution in [0, 0.1) is 0 Å². The first-order valence-electron chi connectivity index (χ1n) is 11.0. The number of anilines is 1. The van der Waals surface area contributed by atoms with E-state index in [-0.39, 0.29) is 30.8 Å². The Kier molecular flexibility index (Phi) is 7.93. The molecule has 0 saturated carbocycles. The number of primary amides is 1. The summed E-state index contributed by atoms with van der Waals surface area (Å²) in [5, 5.41) is 14.0. The number of amides is 1. The number of pyridine rings is 1. The number of rotatable bonds is 12. The number of carbonyl (C=O) groups excluding carboxylic acids is 2. The molecule has 1 amide bonds. The topological polar surface area (TPSA) is 174 Å². The number of aliphatic carboxylic acids is 1. The predicted octanol–water partition coefficient (Wildman–Crippen LogP) is 1.84. The van der Waals surface area contributed by atoms with Gasteiger partial charge in [-0.2, -0.15) is 0 Å². The van der Waals surface area contributed by atoms with Gasteiger partial charge in [0.25, 0.3) is 5.91 Å². The summed E-state index contributed by atoms with van der Waals surface area (Å²) in [5.74, 6) is -2.60. The molecule has 3 aromatic rings. The lowest BCUT2D eigenvalue weighted by Gasteiger charge is -2.36. The molecular weight excluding hydrogens is 434 g/mol. The summed E-state index contributed by atoms with van der Waals surface area (Å²) in [4.78, 5) is 42.2. The van der Waals surface area contributed by atoms with Gasteiger partial charge in [-0.1, -0.05) is 48.5 Å². The molecule has 2 atom stereocenters. The van der Waals surface area contributed by atoms with Crippen LogP contribution in [0.3, 0.4) is 0 Å². The lowest BCUT2D eigenvalue weighted by atomic mass is 9.81. The number of ketones is 1. The minimum atomic E-state index is -1.92. The number of para-hydroxylation sites is 1. The second-order valence-corrected chi connectivity index (χ2v) is 8.16. The van der Waals surface area contributed by atoms with E-state index >= 15 is 0 Å². The first-order valence-corrected chi connectivity index (χ1v) is 11.0. The van der Waals surface area contributed by atoms with Crippen molar-refractivity contribution in [2.45, 2.75) is 37.3 Å². The lowest BCUT2D eigenvalue weighted by molar-refractivity contribution is -0.145. The van der Waals surface area contributed by atoms with Gasteiger partial charge < -0.3 is 27.6 Å². The number of hydrogen-bond acceptors (Lipinski definition) is 7. The molecule has 1 aromatic heterocycles. The molecule has 0 fully saturated rings. The maximum Gasteiger partial charge on any atom is 0.331 e. The Morgan fingerprint density at radius 3 is 2.38 bits per heavy atom. The van der Waals surface area contributed by atoms with Crippen LogP contribution in [-0.4, -0.2) is 45.9 Å². The highest BCUT2D eigenvalue weighted by Gasteiger charge is 2.47. The van der Waals surface area contributed by atoms with Gasteiger partial charge in [0.2, 0.25) is 0 Å². The zero-order valence-electron chi connectivity index (χ0n) is 18.7. The van der Waals surface area contributed by atoms with Crippen molar-refractivity contribution in [1.29, 1.82) is 0 Å². The molecule has 9 nitrogen and oxygen atoms in total. The Hall–Kier alpha value is -3.82. The zero-order chi connectivity index (χ0) is 24.7. The third-order valence-corrected chi connectivity index (χ3v) is 5.85. The van der Waals surface area contributed by atoms with Crippen LogP contribution in [0.25, 0.3) is 10.9 Å². The normalized spacial score (nSPS) is 13.7. The lowest BCUT2D eigenvalue weighted by Crippen LogP contribution is -2.63. The molecule has 0 bridgehead atoms. The standard InChI is InChI=1S/C25H29N5O4/c26-14-6-11-20(31)22(27)25(24(33)34,13-12-16-7-2-1-3-8-16)30-19-15-17-9-4-5-10-18(17)29-21(19)23(28)32/h1-5,7-10,15,22,30H,6,11-14,26-27H2,(H2,28,32)(H,33,34). The van der Waals surface area contributed by atoms with E-state index in [0.29, 0.717) is 23.7 Å². The highest BCUT2D eigenvalue weighted by Crippen LogP contribution is 2.29. The molecular formula is C25H29N5O4. The molecule has 2 aromatic carbocycles. The van der Waals surface area contributed by atoms with E-state index in [9.17, 15) is 19.5 Å². The number of Topliss-reactive ketones (excluding diaryl/α,β-unsaturated/α-hetero) is 1. The van der Waals surface area contributed by atoms with E-state index in [0.717, 1.165) is 5.56 Å². The number of aromatic nitrogens is 1. The van der Waals surface area contributed by atoms with Crippen LogP contribution in [-0.2, 0) is 16.0 Å². The minimum Gasteiger partial charge on any atom is -0.479 e. The third-order valence-electron chi connectivity index (χ3n) is 5.85. The summed E-state index contributed by atoms with van der Waals surface area (Å²) in [6.07, 6.45) is 0.723. The van der Waals surface area contributed by atoms with Gasteiger partial charge in [-0.25, -0.2) is 9.78 Å². The number of fused-ring (bicyclic) bond motifs is 1. The number of nitrogens with zero attached hydrogens (tertiary/aromatic N) is 1. The SMILES string of the molecule is NCCCC(=O)C(N)C(CCc1ccccc1)(Nc1cc2ccccc2nc1C(N)=O)C(=O)O. The molecule has 178 valence electrons. The average Bonchev–Trinajstić information content (AvgIpc) is 2.84. The van der Waals surface area contributed by atoms with Crippen LogP contribution in [0.2, 0.25) is 0 Å². The van der Waals surface area contributed by atoms with Gasteiger partial charge >= 0.3 is 5.97 Å². The molecule has 0 aliphatic rings. The van der Waals surface area contributed by atoms with Gasteiger partial charge in [0.1, 0.15) is 0 Å². The molecule has 0 radical (unpaired) electrons. The number of nitrogens with one attached hydrogen (secondary N) is 1. The fourth-order valence-electron chi connectivity index (χ4n) is 3.92. The van der Waals surface area contributed by atoms with Crippen molar-refractivity contribution in [2.24, 2.45) is 17.2 Å². The van der Waals surface area contributed by atoms with Crippen molar-refractivity contribution in [3.05, 3.63) is 71.9 Å². The molecule has 9 heteroatoms. The van der Waals surface area contributed by atoms with Gasteiger partial charge in [-0.05, 0) is 43.5 Å². The van der Waals surface area contributed by atoms with Crippen molar-refractivity contribution in [3.8, 4) is 0 Å². The van der Waals surface area contributed by atoms with Crippen molar-refractivity contribution < 1.29 is 19.5 Å². The van der Waals surface area contributed by atoms with Crippen LogP contribution in [0.15, 0.2) is 60.7 Å². The summed E-state index contributed by atoms with van der Waals surface area (Å²) in [7, 11) is 0. The number of aryl methyl sites for hydroxylation is 1. The second-order valence-electron chi connectivity index (χ2n) is 8.16.